The van der Waals surface area contributed by atoms with E-state index in [-0.39, 0.29) is 37.2 Å². The lowest BCUT2D eigenvalue weighted by atomic mass is 9.92. The van der Waals surface area contributed by atoms with E-state index in [1.165, 1.54) is 22.9 Å². The first kappa shape index (κ1) is 35.8. The van der Waals surface area contributed by atoms with Gasteiger partial charge in [-0.2, -0.15) is 0 Å². The van der Waals surface area contributed by atoms with Crippen LogP contribution in [0.15, 0.2) is 53.1 Å². The predicted molar refractivity (Wildman–Crippen MR) is 169 cm³/mol. The minimum atomic E-state index is -0.927. The Balaban J connectivity index is 0.000000238. The highest BCUT2D eigenvalue weighted by Crippen LogP contribution is 2.27. The van der Waals surface area contributed by atoms with E-state index in [2.05, 4.69) is 36.6 Å². The first-order valence-electron chi connectivity index (χ1n) is 14.9. The van der Waals surface area contributed by atoms with Gasteiger partial charge in [0.2, 0.25) is 5.78 Å². The van der Waals surface area contributed by atoms with Crippen molar-refractivity contribution in [1.82, 2.24) is 29.7 Å². The summed E-state index contributed by atoms with van der Waals surface area (Å²) < 4.78 is 10.7. The number of aliphatic imine (C=N–C) groups is 1. The van der Waals surface area contributed by atoms with E-state index in [1.807, 2.05) is 20.8 Å². The summed E-state index contributed by atoms with van der Waals surface area (Å²) in [6, 6.07) is 3.37. The number of nitrogens with zero attached hydrogens (tertiary/aromatic N) is 7. The van der Waals surface area contributed by atoms with Crippen molar-refractivity contribution in [3.8, 4) is 0 Å². The Morgan fingerprint density at radius 3 is 1.89 bits per heavy atom. The number of aromatic nitrogens is 4. The molecule has 15 heteroatoms. The van der Waals surface area contributed by atoms with Crippen LogP contribution in [0.25, 0.3) is 0 Å². The molecule has 1 saturated heterocycles. The van der Waals surface area contributed by atoms with Crippen molar-refractivity contribution in [2.45, 2.75) is 65.6 Å². The van der Waals surface area contributed by atoms with Crippen molar-refractivity contribution < 1.29 is 28.7 Å². The van der Waals surface area contributed by atoms with Crippen molar-refractivity contribution in [3.63, 3.8) is 0 Å². The van der Waals surface area contributed by atoms with Crippen LogP contribution in [0.2, 0.25) is 0 Å². The Labute approximate surface area is 268 Å². The number of Topliss-reactive ketones (excluding diaryl/α,β-unsaturated/α-hetero) is 2. The minimum Gasteiger partial charge on any atom is -0.444 e. The standard InChI is InChI=1S/C16H20N4O2.C15H19N3O4.H4N2/c1-16(2,3)22-15(21)20-8-5-11-9-19-13(12(11)10-20)14-17-6-4-7-18-14;1-15(2,3)22-14(21)18-8-5-11(19)10(9-18)12(20)13-16-6-4-7-17-13;1-2/h4,6-7H,5,8-10H2,1-3H3;4,6-7,10H,5,8-9H2,1-3H3;1-2H2. The van der Waals surface area contributed by atoms with Gasteiger partial charge < -0.3 is 19.3 Å². The lowest BCUT2D eigenvalue weighted by Gasteiger charge is -2.32. The summed E-state index contributed by atoms with van der Waals surface area (Å²) >= 11 is 0. The lowest BCUT2D eigenvalue weighted by molar-refractivity contribution is -0.124. The van der Waals surface area contributed by atoms with Gasteiger partial charge in [0.1, 0.15) is 28.6 Å². The van der Waals surface area contributed by atoms with Gasteiger partial charge in [-0.05, 0) is 65.7 Å². The first-order chi connectivity index (χ1) is 21.7. The number of likely N-dealkylation sites (tertiary alicyclic amines) is 1. The van der Waals surface area contributed by atoms with Crippen LogP contribution in [0.1, 0.15) is 70.8 Å². The Bertz CT molecular complexity index is 1450. The van der Waals surface area contributed by atoms with Gasteiger partial charge >= 0.3 is 12.2 Å². The number of ketones is 2. The second kappa shape index (κ2) is 15.6. The maximum atomic E-state index is 12.3. The van der Waals surface area contributed by atoms with Crippen LogP contribution in [-0.4, -0.2) is 103 Å². The first-order valence-corrected chi connectivity index (χ1v) is 14.9. The fraction of sp³-hybridized carbons (Fsp3) is 0.516. The summed E-state index contributed by atoms with van der Waals surface area (Å²) in [6.07, 6.45) is 6.45. The molecule has 0 saturated carbocycles. The van der Waals surface area contributed by atoms with Crippen molar-refractivity contribution in [2.75, 3.05) is 32.7 Å². The van der Waals surface area contributed by atoms with E-state index in [9.17, 15) is 19.2 Å². The molecule has 0 radical (unpaired) electrons. The second-order valence-corrected chi connectivity index (χ2v) is 12.6. The predicted octanol–water partition coefficient (Wildman–Crippen LogP) is 2.52. The van der Waals surface area contributed by atoms with Crippen LogP contribution in [0.3, 0.4) is 0 Å². The molecule has 1 unspecified atom stereocenters. The number of rotatable bonds is 3. The quantitative estimate of drug-likeness (QED) is 0.215. The van der Waals surface area contributed by atoms with Crippen molar-refractivity contribution in [1.29, 1.82) is 0 Å². The molecule has 1 atom stereocenters. The van der Waals surface area contributed by atoms with E-state index < -0.39 is 29.0 Å². The van der Waals surface area contributed by atoms with Gasteiger partial charge in [-0.3, -0.25) is 26.3 Å². The third-order valence-corrected chi connectivity index (χ3v) is 6.78. The molecule has 0 aromatic carbocycles. The summed E-state index contributed by atoms with van der Waals surface area (Å²) in [4.78, 5) is 72.6. The largest absolute Gasteiger partial charge is 0.444 e. The summed E-state index contributed by atoms with van der Waals surface area (Å²) in [5.41, 5.74) is 2.05. The monoisotopic (exact) mass is 637 g/mol. The number of carbonyl (C=O) groups excluding carboxylic acids is 4. The molecule has 0 spiro atoms. The highest BCUT2D eigenvalue weighted by atomic mass is 16.6. The number of hydrogen-bond donors (Lipinski definition) is 2. The van der Waals surface area contributed by atoms with E-state index in [1.54, 1.807) is 50.2 Å². The Kier molecular flexibility index (Phi) is 12.1. The van der Waals surface area contributed by atoms with Crippen LogP contribution in [0.5, 0.6) is 0 Å². The molecule has 2 aromatic rings. The molecular formula is C31H43N9O6. The van der Waals surface area contributed by atoms with Crippen LogP contribution in [0.4, 0.5) is 9.59 Å². The number of hydrogen-bond acceptors (Lipinski definition) is 13. The maximum Gasteiger partial charge on any atom is 0.410 e. The normalized spacial score (nSPS) is 17.9. The zero-order valence-electron chi connectivity index (χ0n) is 27.2. The number of piperidine rings is 1. The Hall–Kier alpha value is -4.63. The average molecular weight is 638 g/mol. The van der Waals surface area contributed by atoms with Gasteiger partial charge in [0.05, 0.1) is 13.1 Å². The fourth-order valence-corrected chi connectivity index (χ4v) is 4.74. The Morgan fingerprint density at radius 1 is 0.804 bits per heavy atom. The van der Waals surface area contributed by atoms with E-state index >= 15 is 0 Å². The molecule has 0 aliphatic carbocycles. The molecule has 4 N–H and O–H groups in total. The summed E-state index contributed by atoms with van der Waals surface area (Å²) in [6.45, 7) is 13.1. The number of hydrazine groups is 1. The van der Waals surface area contributed by atoms with Gasteiger partial charge in [0.15, 0.2) is 11.6 Å². The summed E-state index contributed by atoms with van der Waals surface area (Å²) in [7, 11) is 0. The topological polar surface area (TPSA) is 209 Å². The van der Waals surface area contributed by atoms with Crippen molar-refractivity contribution >= 4 is 29.5 Å². The fourth-order valence-electron chi connectivity index (χ4n) is 4.74. The van der Waals surface area contributed by atoms with Crippen molar-refractivity contribution in [2.24, 2.45) is 22.6 Å². The Morgan fingerprint density at radius 2 is 1.33 bits per heavy atom. The summed E-state index contributed by atoms with van der Waals surface area (Å²) in [5, 5.41) is 0. The molecule has 3 aliphatic rings. The smallest absolute Gasteiger partial charge is 0.410 e. The molecule has 5 rings (SSSR count). The molecule has 248 valence electrons. The summed E-state index contributed by atoms with van der Waals surface area (Å²) in [5.74, 6) is 7.03. The molecule has 2 amide bonds. The molecule has 15 nitrogen and oxygen atoms in total. The molecule has 0 bridgehead atoms. The van der Waals surface area contributed by atoms with Crippen LogP contribution in [0, 0.1) is 5.92 Å². The highest BCUT2D eigenvalue weighted by molar-refractivity contribution is 6.13. The molecule has 46 heavy (non-hydrogen) atoms. The van der Waals surface area contributed by atoms with Gasteiger partial charge in [0, 0.05) is 56.4 Å². The van der Waals surface area contributed by atoms with E-state index in [4.69, 9.17) is 9.47 Å². The SMILES string of the molecule is CC(C)(C)OC(=O)N1CCC(=O)C(C(=O)c2ncccn2)C1.CC(C)(C)OC(=O)N1CCC2=C(C1)C(c1ncccn1)=NC2.NN. The van der Waals surface area contributed by atoms with E-state index in [0.29, 0.717) is 25.5 Å². The molecular weight excluding hydrogens is 594 g/mol. The number of carbonyl (C=O) groups is 4. The van der Waals surface area contributed by atoms with Gasteiger partial charge in [0.25, 0.3) is 0 Å². The lowest BCUT2D eigenvalue weighted by Crippen LogP contribution is -2.48. The van der Waals surface area contributed by atoms with Crippen LogP contribution >= 0.6 is 0 Å². The molecule has 2 aromatic heterocycles. The van der Waals surface area contributed by atoms with Gasteiger partial charge in [-0.25, -0.2) is 29.5 Å². The number of ether oxygens (including phenoxy) is 2. The van der Waals surface area contributed by atoms with Crippen molar-refractivity contribution in [3.05, 3.63) is 59.7 Å². The van der Waals surface area contributed by atoms with Gasteiger partial charge in [-0.15, -0.1) is 0 Å². The number of nitrogens with two attached hydrogens (primary N) is 2. The number of amides is 2. The zero-order valence-corrected chi connectivity index (χ0v) is 27.2. The third kappa shape index (κ3) is 9.94. The second-order valence-electron chi connectivity index (χ2n) is 12.6. The molecule has 3 aliphatic heterocycles. The van der Waals surface area contributed by atoms with Gasteiger partial charge in [-0.1, -0.05) is 0 Å². The minimum absolute atomic E-state index is 0.00480. The zero-order chi connectivity index (χ0) is 34.1. The average Bonchev–Trinajstić information content (AvgIpc) is 3.45. The highest BCUT2D eigenvalue weighted by Gasteiger charge is 2.38. The molecule has 1 fully saturated rings. The molecule has 5 heterocycles. The van der Waals surface area contributed by atoms with E-state index in [0.717, 1.165) is 17.7 Å². The maximum absolute atomic E-state index is 12.3. The third-order valence-electron chi connectivity index (χ3n) is 6.78. The van der Waals surface area contributed by atoms with Crippen LogP contribution < -0.4 is 11.7 Å². The van der Waals surface area contributed by atoms with Crippen LogP contribution in [-0.2, 0) is 14.3 Å².